The largest absolute Gasteiger partial charge is 0.493 e. The third kappa shape index (κ3) is 5.53. The molecule has 0 saturated carbocycles. The maximum absolute atomic E-state index is 12.6. The van der Waals surface area contributed by atoms with Crippen molar-refractivity contribution in [2.75, 3.05) is 25.6 Å². The molecule has 0 fully saturated rings. The van der Waals surface area contributed by atoms with Crippen LogP contribution in [0.15, 0.2) is 54.6 Å². The van der Waals surface area contributed by atoms with Gasteiger partial charge >= 0.3 is 5.97 Å². The normalized spacial score (nSPS) is 10.3. The van der Waals surface area contributed by atoms with Crippen LogP contribution in [0.5, 0.6) is 11.5 Å². The van der Waals surface area contributed by atoms with Crippen LogP contribution in [0.3, 0.4) is 0 Å². The number of ketones is 1. The molecule has 3 aromatic rings. The molecule has 1 heterocycles. The van der Waals surface area contributed by atoms with E-state index in [9.17, 15) is 14.4 Å². The highest BCUT2D eigenvalue weighted by Crippen LogP contribution is 2.35. The van der Waals surface area contributed by atoms with E-state index in [2.05, 4.69) is 5.32 Å². The highest BCUT2D eigenvalue weighted by Gasteiger charge is 2.20. The number of benzene rings is 2. The molecule has 166 valence electrons. The molecule has 7 nitrogen and oxygen atoms in total. The summed E-state index contributed by atoms with van der Waals surface area (Å²) in [6.45, 7) is 3.09. The Kier molecular flexibility index (Phi) is 7.62. The molecule has 0 bridgehead atoms. The van der Waals surface area contributed by atoms with Gasteiger partial charge in [-0.3, -0.25) is 9.59 Å². The fraction of sp³-hybridized carbons (Fsp3) is 0.208. The van der Waals surface area contributed by atoms with Gasteiger partial charge in [0, 0.05) is 10.4 Å². The maximum Gasteiger partial charge on any atom is 0.350 e. The monoisotopic (exact) mass is 453 g/mol. The smallest absolute Gasteiger partial charge is 0.350 e. The Hall–Kier alpha value is -3.65. The molecule has 0 saturated heterocycles. The molecule has 0 radical (unpaired) electrons. The summed E-state index contributed by atoms with van der Waals surface area (Å²) < 4.78 is 16.0. The van der Waals surface area contributed by atoms with Gasteiger partial charge in [-0.15, -0.1) is 11.3 Å². The first kappa shape index (κ1) is 23.0. The van der Waals surface area contributed by atoms with Gasteiger partial charge in [-0.2, -0.15) is 0 Å². The van der Waals surface area contributed by atoms with E-state index in [0.717, 1.165) is 10.4 Å². The van der Waals surface area contributed by atoms with Gasteiger partial charge in [0.05, 0.1) is 19.4 Å². The van der Waals surface area contributed by atoms with E-state index >= 15 is 0 Å². The van der Waals surface area contributed by atoms with Gasteiger partial charge in [0.1, 0.15) is 4.88 Å². The molecule has 1 N–H and O–H groups in total. The van der Waals surface area contributed by atoms with E-state index in [4.69, 9.17) is 14.2 Å². The lowest BCUT2D eigenvalue weighted by Gasteiger charge is -2.12. The number of Topliss-reactive ketones (excluding diaryl/α,β-unsaturated/α-hetero) is 1. The molecular formula is C24H23NO6S. The van der Waals surface area contributed by atoms with Gasteiger partial charge in [0.2, 0.25) is 0 Å². The van der Waals surface area contributed by atoms with Crippen LogP contribution in [0.2, 0.25) is 0 Å². The zero-order valence-electron chi connectivity index (χ0n) is 18.0. The third-order valence-electron chi connectivity index (χ3n) is 4.45. The number of amides is 1. The predicted octanol–water partition coefficient (Wildman–Crippen LogP) is 4.82. The number of thiophene rings is 1. The van der Waals surface area contributed by atoms with Gasteiger partial charge in [-0.25, -0.2) is 4.79 Å². The molecule has 0 aliphatic rings. The first-order valence-electron chi connectivity index (χ1n) is 9.91. The summed E-state index contributed by atoms with van der Waals surface area (Å²) in [6, 6.07) is 16.0. The first-order valence-corrected chi connectivity index (χ1v) is 10.7. The van der Waals surface area contributed by atoms with E-state index in [1.54, 1.807) is 31.2 Å². The molecular weight excluding hydrogens is 430 g/mol. The number of esters is 1. The van der Waals surface area contributed by atoms with Crippen LogP contribution in [0, 0.1) is 0 Å². The number of anilines is 1. The minimum atomic E-state index is -0.502. The van der Waals surface area contributed by atoms with Crippen molar-refractivity contribution in [3.63, 3.8) is 0 Å². The minimum absolute atomic E-state index is 0.106. The summed E-state index contributed by atoms with van der Waals surface area (Å²) in [5.74, 6) is -0.387. The van der Waals surface area contributed by atoms with Gasteiger partial charge in [-0.05, 0) is 43.7 Å². The van der Waals surface area contributed by atoms with Crippen LogP contribution in [-0.4, -0.2) is 38.0 Å². The van der Waals surface area contributed by atoms with Crippen molar-refractivity contribution in [2.24, 2.45) is 0 Å². The zero-order valence-corrected chi connectivity index (χ0v) is 18.8. The average Bonchev–Trinajstić information content (AvgIpc) is 3.22. The second kappa shape index (κ2) is 10.6. The predicted molar refractivity (Wildman–Crippen MR) is 123 cm³/mol. The molecule has 1 aromatic heterocycles. The molecule has 0 aliphatic carbocycles. The summed E-state index contributed by atoms with van der Waals surface area (Å²) >= 11 is 1.25. The molecule has 0 unspecified atom stereocenters. The topological polar surface area (TPSA) is 90.9 Å². The summed E-state index contributed by atoms with van der Waals surface area (Å²) in [4.78, 5) is 37.6. The lowest BCUT2D eigenvalue weighted by Crippen LogP contribution is -2.21. The highest BCUT2D eigenvalue weighted by atomic mass is 32.1. The van der Waals surface area contributed by atoms with Crippen molar-refractivity contribution in [1.29, 1.82) is 0 Å². The number of hydrogen-bond acceptors (Lipinski definition) is 7. The van der Waals surface area contributed by atoms with E-state index in [1.165, 1.54) is 25.4 Å². The lowest BCUT2D eigenvalue weighted by molar-refractivity contribution is -0.118. The molecule has 3 rings (SSSR count). The number of ether oxygens (including phenoxy) is 3. The SMILES string of the molecule is CCOC(=O)c1sc(-c2ccccc2)cc1NC(=O)COc1ccc(C(C)=O)cc1OC. The molecule has 0 atom stereocenters. The van der Waals surface area contributed by atoms with Crippen LogP contribution >= 0.6 is 11.3 Å². The van der Waals surface area contributed by atoms with Crippen molar-refractivity contribution in [3.8, 4) is 21.9 Å². The van der Waals surface area contributed by atoms with Crippen molar-refractivity contribution < 1.29 is 28.6 Å². The van der Waals surface area contributed by atoms with Crippen LogP contribution in [0.1, 0.15) is 33.9 Å². The summed E-state index contributed by atoms with van der Waals surface area (Å²) in [5, 5.41) is 2.73. The Labute approximate surface area is 189 Å². The number of carbonyl (C=O) groups is 3. The van der Waals surface area contributed by atoms with Gasteiger partial charge in [0.25, 0.3) is 5.91 Å². The Morgan fingerprint density at radius 3 is 2.41 bits per heavy atom. The number of nitrogens with one attached hydrogen (secondary N) is 1. The van der Waals surface area contributed by atoms with Crippen molar-refractivity contribution in [1.82, 2.24) is 0 Å². The Morgan fingerprint density at radius 1 is 1.00 bits per heavy atom. The van der Waals surface area contributed by atoms with Crippen molar-refractivity contribution >= 4 is 34.7 Å². The molecule has 1 amide bonds. The van der Waals surface area contributed by atoms with Crippen molar-refractivity contribution in [2.45, 2.75) is 13.8 Å². The molecule has 0 aliphatic heterocycles. The Bertz CT molecular complexity index is 1120. The summed E-state index contributed by atoms with van der Waals surface area (Å²) in [6.07, 6.45) is 0. The summed E-state index contributed by atoms with van der Waals surface area (Å²) in [5.41, 5.74) is 1.76. The van der Waals surface area contributed by atoms with Gasteiger partial charge < -0.3 is 19.5 Å². The van der Waals surface area contributed by atoms with Crippen LogP contribution in [0.25, 0.3) is 10.4 Å². The standard InChI is InChI=1S/C24H23NO6S/c1-4-30-24(28)23-18(13-21(32-23)16-8-6-5-7-9-16)25-22(27)14-31-19-11-10-17(15(2)26)12-20(19)29-3/h5-13H,4,14H2,1-3H3,(H,25,27). The van der Waals surface area contributed by atoms with Crippen LogP contribution in [0.4, 0.5) is 5.69 Å². The Morgan fingerprint density at radius 2 is 1.75 bits per heavy atom. The number of hydrogen-bond donors (Lipinski definition) is 1. The first-order chi connectivity index (χ1) is 15.4. The lowest BCUT2D eigenvalue weighted by atomic mass is 10.1. The fourth-order valence-corrected chi connectivity index (χ4v) is 3.93. The molecule has 2 aromatic carbocycles. The average molecular weight is 454 g/mol. The second-order valence-corrected chi connectivity index (χ2v) is 7.75. The summed E-state index contributed by atoms with van der Waals surface area (Å²) in [7, 11) is 1.45. The highest BCUT2D eigenvalue weighted by molar-refractivity contribution is 7.18. The number of carbonyl (C=O) groups excluding carboxylic acids is 3. The van der Waals surface area contributed by atoms with Crippen molar-refractivity contribution in [3.05, 3.63) is 65.0 Å². The van der Waals surface area contributed by atoms with Gasteiger partial charge in [-0.1, -0.05) is 30.3 Å². The maximum atomic E-state index is 12.6. The van der Waals surface area contributed by atoms with E-state index in [-0.39, 0.29) is 19.0 Å². The van der Waals surface area contributed by atoms with Gasteiger partial charge in [0.15, 0.2) is 23.9 Å². The number of methoxy groups -OCH3 is 1. The van der Waals surface area contributed by atoms with E-state index < -0.39 is 11.9 Å². The number of rotatable bonds is 9. The molecule has 32 heavy (non-hydrogen) atoms. The quantitative estimate of drug-likeness (QED) is 0.369. The van der Waals surface area contributed by atoms with E-state index in [0.29, 0.717) is 27.6 Å². The minimum Gasteiger partial charge on any atom is -0.493 e. The Balaban J connectivity index is 1.76. The van der Waals surface area contributed by atoms with Crippen LogP contribution in [-0.2, 0) is 9.53 Å². The molecule has 0 spiro atoms. The third-order valence-corrected chi connectivity index (χ3v) is 5.62. The van der Waals surface area contributed by atoms with Crippen LogP contribution < -0.4 is 14.8 Å². The second-order valence-electron chi connectivity index (χ2n) is 6.70. The molecule has 8 heteroatoms. The van der Waals surface area contributed by atoms with E-state index in [1.807, 2.05) is 30.3 Å². The fourth-order valence-electron chi connectivity index (χ4n) is 2.91. The zero-order chi connectivity index (χ0) is 23.1.